The van der Waals surface area contributed by atoms with Gasteiger partial charge >= 0.3 is 0 Å². The van der Waals surface area contributed by atoms with E-state index in [1.165, 1.54) is 0 Å². The van der Waals surface area contributed by atoms with Gasteiger partial charge in [0.2, 0.25) is 5.91 Å². The Hall–Kier alpha value is -1.95. The van der Waals surface area contributed by atoms with E-state index in [9.17, 15) is 14.4 Å². The van der Waals surface area contributed by atoms with E-state index >= 15 is 0 Å². The quantitative estimate of drug-likeness (QED) is 0.526. The summed E-state index contributed by atoms with van der Waals surface area (Å²) >= 11 is 0. The number of hydrogen-bond acceptors (Lipinski definition) is 4. The molecule has 0 aromatic carbocycles. The molecule has 3 heterocycles. The molecule has 0 radical (unpaired) electrons. The van der Waals surface area contributed by atoms with Crippen LogP contribution < -0.4 is 5.32 Å². The molecule has 2 amide bonds. The number of fused-ring (bicyclic) bond motifs is 2. The van der Waals surface area contributed by atoms with Crippen molar-refractivity contribution >= 4 is 18.1 Å². The Morgan fingerprint density at radius 2 is 2.25 bits per heavy atom. The second-order valence-corrected chi connectivity index (χ2v) is 5.65. The summed E-state index contributed by atoms with van der Waals surface area (Å²) in [4.78, 5) is 37.0. The molecule has 0 spiro atoms. The zero-order chi connectivity index (χ0) is 13.9. The number of rotatable bonds is 2. The van der Waals surface area contributed by atoms with Gasteiger partial charge in [0.05, 0.1) is 5.57 Å². The van der Waals surface area contributed by atoms with E-state index in [0.29, 0.717) is 25.1 Å². The Bertz CT molecular complexity index is 580. The molecule has 0 aromatic rings. The molecule has 2 fully saturated rings. The molecule has 1 N–H and O–H groups in total. The minimum atomic E-state index is -0.553. The van der Waals surface area contributed by atoms with Crippen molar-refractivity contribution in [2.75, 3.05) is 13.1 Å². The molecule has 0 aromatic heterocycles. The first-order valence-electron chi connectivity index (χ1n) is 6.79. The molecule has 0 saturated carbocycles. The van der Waals surface area contributed by atoms with Crippen LogP contribution in [0.5, 0.6) is 0 Å². The summed E-state index contributed by atoms with van der Waals surface area (Å²) < 4.78 is 5.42. The van der Waals surface area contributed by atoms with Crippen LogP contribution in [0.4, 0.5) is 0 Å². The molecule has 2 saturated heterocycles. The van der Waals surface area contributed by atoms with Crippen LogP contribution in [-0.2, 0) is 19.1 Å². The number of aldehydes is 1. The van der Waals surface area contributed by atoms with Crippen LogP contribution in [0.25, 0.3) is 0 Å². The highest BCUT2D eigenvalue weighted by molar-refractivity contribution is 6.02. The maximum absolute atomic E-state index is 12.5. The lowest BCUT2D eigenvalue weighted by atomic mass is 9.95. The van der Waals surface area contributed by atoms with Crippen LogP contribution >= 0.6 is 0 Å². The number of hydrogen-bond donors (Lipinski definition) is 1. The van der Waals surface area contributed by atoms with E-state index in [-0.39, 0.29) is 29.9 Å². The lowest BCUT2D eigenvalue weighted by Crippen LogP contribution is -2.54. The summed E-state index contributed by atoms with van der Waals surface area (Å²) in [5.41, 5.74) is 1.63. The van der Waals surface area contributed by atoms with Gasteiger partial charge in [-0.05, 0) is 12.0 Å². The largest absolute Gasteiger partial charge is 0.360 e. The molecule has 6 nitrogen and oxygen atoms in total. The first-order chi connectivity index (χ1) is 9.69. The maximum atomic E-state index is 12.5. The molecule has 1 aliphatic carbocycles. The molecule has 3 aliphatic heterocycles. The van der Waals surface area contributed by atoms with Crippen molar-refractivity contribution < 1.29 is 19.1 Å². The fraction of sp³-hybridized carbons (Fsp3) is 0.500. The minimum absolute atomic E-state index is 0.0283. The van der Waals surface area contributed by atoms with Gasteiger partial charge in [0.15, 0.2) is 0 Å². The van der Waals surface area contributed by atoms with Gasteiger partial charge < -0.3 is 19.7 Å². The van der Waals surface area contributed by atoms with E-state index < -0.39 is 6.04 Å². The number of nitrogens with one attached hydrogen (secondary N) is 1. The molecule has 0 bridgehead atoms. The van der Waals surface area contributed by atoms with E-state index in [1.807, 2.05) is 12.2 Å². The third-order valence-corrected chi connectivity index (χ3v) is 4.41. The van der Waals surface area contributed by atoms with Gasteiger partial charge in [-0.15, -0.1) is 0 Å². The van der Waals surface area contributed by atoms with Crippen molar-refractivity contribution in [2.24, 2.45) is 5.92 Å². The summed E-state index contributed by atoms with van der Waals surface area (Å²) in [6.07, 6.45) is 5.02. The van der Waals surface area contributed by atoms with Crippen molar-refractivity contribution in [3.8, 4) is 0 Å². The smallest absolute Gasteiger partial charge is 0.253 e. The summed E-state index contributed by atoms with van der Waals surface area (Å²) in [5, 5.41) is 2.70. The van der Waals surface area contributed by atoms with E-state index in [4.69, 9.17) is 4.74 Å². The monoisotopic (exact) mass is 274 g/mol. The van der Waals surface area contributed by atoms with Crippen LogP contribution in [0, 0.1) is 5.92 Å². The fourth-order valence-corrected chi connectivity index (χ4v) is 3.24. The predicted molar refractivity (Wildman–Crippen MR) is 67.5 cm³/mol. The molecule has 20 heavy (non-hydrogen) atoms. The Kier molecular flexibility index (Phi) is 2.38. The molecule has 4 aliphatic rings. The van der Waals surface area contributed by atoms with Gasteiger partial charge in [-0.2, -0.15) is 0 Å². The standard InChI is InChI=1S/C14H14N2O4/c17-6-7-3-9(13(18)15-4-7)16-5-8-1-2-10-12(20-10)11(8)14(16)19/h1-2,6-7,9-10,12H,3-5H2,(H,15,18). The van der Waals surface area contributed by atoms with E-state index in [2.05, 4.69) is 5.32 Å². The fourth-order valence-electron chi connectivity index (χ4n) is 3.24. The van der Waals surface area contributed by atoms with Gasteiger partial charge in [-0.25, -0.2) is 0 Å². The highest BCUT2D eigenvalue weighted by Gasteiger charge is 2.51. The first-order valence-corrected chi connectivity index (χ1v) is 6.79. The maximum Gasteiger partial charge on any atom is 0.253 e. The molecular formula is C14H14N2O4. The lowest BCUT2D eigenvalue weighted by Gasteiger charge is -2.33. The van der Waals surface area contributed by atoms with E-state index in [1.54, 1.807) is 4.90 Å². The molecule has 4 unspecified atom stereocenters. The SMILES string of the molecule is O=CC1CNC(=O)C(N2CC3=C(C2=O)C2OC2C=C3)C1. The van der Waals surface area contributed by atoms with Gasteiger partial charge in [0.25, 0.3) is 5.91 Å². The first kappa shape index (κ1) is 11.8. The van der Waals surface area contributed by atoms with Crippen molar-refractivity contribution in [1.29, 1.82) is 0 Å². The van der Waals surface area contributed by atoms with Gasteiger partial charge in [0.1, 0.15) is 24.5 Å². The molecule has 4 atom stereocenters. The Morgan fingerprint density at radius 3 is 3.05 bits per heavy atom. The number of epoxide rings is 1. The normalized spacial score (nSPS) is 38.5. The third kappa shape index (κ3) is 1.57. The number of piperidine rings is 1. The summed E-state index contributed by atoms with van der Waals surface area (Å²) in [7, 11) is 0. The van der Waals surface area contributed by atoms with E-state index in [0.717, 1.165) is 11.9 Å². The summed E-state index contributed by atoms with van der Waals surface area (Å²) in [5.74, 6) is -0.513. The second kappa shape index (κ2) is 4.02. The van der Waals surface area contributed by atoms with Crippen molar-refractivity contribution in [1.82, 2.24) is 10.2 Å². The number of carbonyl (C=O) groups is 3. The van der Waals surface area contributed by atoms with Crippen LogP contribution in [0.1, 0.15) is 6.42 Å². The number of nitrogens with zero attached hydrogens (tertiary/aromatic N) is 1. The predicted octanol–water partition coefficient (Wildman–Crippen LogP) is -0.834. The van der Waals surface area contributed by atoms with Gasteiger partial charge in [0, 0.05) is 19.0 Å². The average molecular weight is 274 g/mol. The van der Waals surface area contributed by atoms with Crippen LogP contribution in [0.2, 0.25) is 0 Å². The highest BCUT2D eigenvalue weighted by atomic mass is 16.6. The van der Waals surface area contributed by atoms with Gasteiger partial charge in [-0.1, -0.05) is 12.2 Å². The number of amides is 2. The summed E-state index contributed by atoms with van der Waals surface area (Å²) in [6, 6.07) is -0.553. The van der Waals surface area contributed by atoms with Crippen LogP contribution in [0.15, 0.2) is 23.3 Å². The second-order valence-electron chi connectivity index (χ2n) is 5.65. The highest BCUT2D eigenvalue weighted by Crippen LogP contribution is 2.41. The van der Waals surface area contributed by atoms with Gasteiger partial charge in [-0.3, -0.25) is 9.59 Å². The Balaban J connectivity index is 1.58. The number of carbonyl (C=O) groups excluding carboxylic acids is 3. The van der Waals surface area contributed by atoms with Crippen LogP contribution in [-0.4, -0.2) is 54.3 Å². The Morgan fingerprint density at radius 1 is 1.40 bits per heavy atom. The number of ether oxygens (including phenoxy) is 1. The molecular weight excluding hydrogens is 260 g/mol. The summed E-state index contributed by atoms with van der Waals surface area (Å²) in [6.45, 7) is 0.794. The molecule has 4 rings (SSSR count). The lowest BCUT2D eigenvalue weighted by molar-refractivity contribution is -0.139. The zero-order valence-corrected chi connectivity index (χ0v) is 10.7. The van der Waals surface area contributed by atoms with Crippen molar-refractivity contribution in [3.05, 3.63) is 23.3 Å². The average Bonchev–Trinajstić information content (AvgIpc) is 3.17. The minimum Gasteiger partial charge on any atom is -0.360 e. The van der Waals surface area contributed by atoms with Crippen LogP contribution in [0.3, 0.4) is 0 Å². The molecule has 104 valence electrons. The Labute approximate surface area is 115 Å². The zero-order valence-electron chi connectivity index (χ0n) is 10.7. The van der Waals surface area contributed by atoms with Crippen molar-refractivity contribution in [2.45, 2.75) is 24.7 Å². The molecule has 6 heteroatoms. The topological polar surface area (TPSA) is 79.0 Å². The van der Waals surface area contributed by atoms with Crippen molar-refractivity contribution in [3.63, 3.8) is 0 Å². The third-order valence-electron chi connectivity index (χ3n) is 4.41.